The molecule has 3 aromatic rings. The fourth-order valence-electron chi connectivity index (χ4n) is 3.42. The van der Waals surface area contributed by atoms with Crippen LogP contribution in [0, 0.1) is 0 Å². The molecule has 0 spiro atoms. The topological polar surface area (TPSA) is 117 Å². The van der Waals surface area contributed by atoms with Crippen molar-refractivity contribution < 1.29 is 19.1 Å². The predicted molar refractivity (Wildman–Crippen MR) is 111 cm³/mol. The zero-order valence-electron chi connectivity index (χ0n) is 16.9. The summed E-state index contributed by atoms with van der Waals surface area (Å²) in [6, 6.07) is 12.9. The number of pyridine rings is 1. The van der Waals surface area contributed by atoms with Gasteiger partial charge in [-0.3, -0.25) is 14.7 Å². The quantitative estimate of drug-likeness (QED) is 0.488. The van der Waals surface area contributed by atoms with Crippen molar-refractivity contribution in [1.82, 2.24) is 25.4 Å². The Bertz CT molecular complexity index is 1110. The van der Waals surface area contributed by atoms with Crippen LogP contribution in [0.2, 0.25) is 0 Å². The minimum absolute atomic E-state index is 0.172. The van der Waals surface area contributed by atoms with E-state index in [4.69, 9.17) is 4.74 Å². The monoisotopic (exact) mass is 419 g/mol. The number of hydrogen-bond acceptors (Lipinski definition) is 6. The lowest BCUT2D eigenvalue weighted by atomic mass is 10.0. The first-order chi connectivity index (χ1) is 15.0. The van der Waals surface area contributed by atoms with Gasteiger partial charge in [-0.15, -0.1) is 0 Å². The Hall–Kier alpha value is -4.01. The summed E-state index contributed by atoms with van der Waals surface area (Å²) in [5.41, 5.74) is 4.49. The van der Waals surface area contributed by atoms with E-state index in [0.717, 1.165) is 22.4 Å². The molecule has 31 heavy (non-hydrogen) atoms. The molecule has 158 valence electrons. The van der Waals surface area contributed by atoms with Crippen LogP contribution < -0.4 is 5.32 Å². The number of methoxy groups -OCH3 is 1. The Labute approximate surface area is 178 Å². The molecule has 0 radical (unpaired) electrons. The predicted octanol–water partition coefficient (Wildman–Crippen LogP) is 1.46. The molecule has 0 aliphatic carbocycles. The van der Waals surface area contributed by atoms with Crippen molar-refractivity contribution in [3.63, 3.8) is 0 Å². The third-order valence-corrected chi connectivity index (χ3v) is 5.15. The molecule has 0 unspecified atom stereocenters. The number of benzene rings is 1. The fraction of sp³-hybridized carbons (Fsp3) is 0.227. The van der Waals surface area contributed by atoms with Gasteiger partial charge in [-0.2, -0.15) is 5.10 Å². The number of fused-ring (bicyclic) bond motifs is 1. The van der Waals surface area contributed by atoms with E-state index in [1.54, 1.807) is 12.3 Å². The van der Waals surface area contributed by atoms with E-state index in [9.17, 15) is 14.4 Å². The lowest BCUT2D eigenvalue weighted by Crippen LogP contribution is -2.45. The molecule has 0 saturated heterocycles. The van der Waals surface area contributed by atoms with Gasteiger partial charge in [0.1, 0.15) is 5.69 Å². The largest absolute Gasteiger partial charge is 0.464 e. The number of hydrogen-bond donors (Lipinski definition) is 2. The van der Waals surface area contributed by atoms with Gasteiger partial charge < -0.3 is 15.0 Å². The number of ether oxygens (including phenoxy) is 1. The van der Waals surface area contributed by atoms with Crippen LogP contribution in [0.4, 0.5) is 0 Å². The first kappa shape index (κ1) is 20.3. The first-order valence-corrected chi connectivity index (χ1v) is 9.78. The Morgan fingerprint density at radius 2 is 1.94 bits per heavy atom. The number of esters is 1. The average Bonchev–Trinajstić information content (AvgIpc) is 3.36. The van der Waals surface area contributed by atoms with Crippen molar-refractivity contribution in [1.29, 1.82) is 0 Å². The summed E-state index contributed by atoms with van der Waals surface area (Å²) < 4.78 is 4.69. The average molecular weight is 419 g/mol. The van der Waals surface area contributed by atoms with Crippen molar-refractivity contribution in [2.75, 3.05) is 13.7 Å². The number of amides is 2. The first-order valence-electron chi connectivity index (χ1n) is 9.78. The molecular formula is C22H21N5O4. The number of H-pyrrole nitrogens is 1. The van der Waals surface area contributed by atoms with Gasteiger partial charge >= 0.3 is 17.8 Å². The van der Waals surface area contributed by atoms with Crippen LogP contribution in [0.3, 0.4) is 0 Å². The van der Waals surface area contributed by atoms with E-state index in [1.165, 1.54) is 12.0 Å². The van der Waals surface area contributed by atoms with E-state index in [-0.39, 0.29) is 18.8 Å². The summed E-state index contributed by atoms with van der Waals surface area (Å²) in [7, 11) is 1.29. The minimum Gasteiger partial charge on any atom is -0.464 e. The Kier molecular flexibility index (Phi) is 5.74. The molecule has 3 heterocycles. The van der Waals surface area contributed by atoms with Gasteiger partial charge in [-0.1, -0.05) is 30.3 Å². The highest BCUT2D eigenvalue weighted by Crippen LogP contribution is 2.19. The normalized spacial score (nSPS) is 12.7. The van der Waals surface area contributed by atoms with Crippen molar-refractivity contribution in [3.8, 4) is 11.3 Å². The van der Waals surface area contributed by atoms with Crippen LogP contribution in [-0.2, 0) is 33.8 Å². The van der Waals surface area contributed by atoms with Gasteiger partial charge in [-0.25, -0.2) is 9.78 Å². The number of aromatic amines is 1. The van der Waals surface area contributed by atoms with Crippen LogP contribution in [0.25, 0.3) is 11.3 Å². The molecule has 2 aromatic heterocycles. The Balaban J connectivity index is 1.35. The zero-order chi connectivity index (χ0) is 21.8. The van der Waals surface area contributed by atoms with Gasteiger partial charge in [0.2, 0.25) is 0 Å². The SMILES string of the molecule is COC(=O)c1ccc2c(n1)CN(C(=O)C(=O)NCc1ccc(-c3ccn[nH]3)cc1)CC2. The van der Waals surface area contributed by atoms with Crippen LogP contribution in [0.15, 0.2) is 48.7 Å². The molecule has 0 fully saturated rings. The smallest absolute Gasteiger partial charge is 0.356 e. The highest BCUT2D eigenvalue weighted by molar-refractivity contribution is 6.34. The molecular weight excluding hydrogens is 398 g/mol. The molecule has 1 aromatic carbocycles. The highest BCUT2D eigenvalue weighted by atomic mass is 16.5. The number of rotatable bonds is 4. The lowest BCUT2D eigenvalue weighted by molar-refractivity contribution is -0.146. The maximum atomic E-state index is 12.6. The summed E-state index contributed by atoms with van der Waals surface area (Å²) in [5, 5.41) is 9.49. The second-order valence-electron chi connectivity index (χ2n) is 7.12. The standard InChI is InChI=1S/C22H21N5O4/c1-31-22(30)18-7-6-16-9-11-27(13-19(16)25-18)21(29)20(28)23-12-14-2-4-15(5-3-14)17-8-10-24-26-17/h2-8,10H,9,11-13H2,1H3,(H,23,28)(H,24,26). The van der Waals surface area contributed by atoms with Crippen LogP contribution >= 0.6 is 0 Å². The molecule has 1 aliphatic rings. The summed E-state index contributed by atoms with van der Waals surface area (Å²) in [4.78, 5) is 42.4. The van der Waals surface area contributed by atoms with Gasteiger partial charge in [0.15, 0.2) is 0 Å². The summed E-state index contributed by atoms with van der Waals surface area (Å²) in [6.07, 6.45) is 2.25. The fourth-order valence-corrected chi connectivity index (χ4v) is 3.42. The Morgan fingerprint density at radius 1 is 1.13 bits per heavy atom. The molecule has 9 heteroatoms. The van der Waals surface area contributed by atoms with Crippen LogP contribution in [-0.4, -0.2) is 51.5 Å². The number of nitrogens with zero attached hydrogens (tertiary/aromatic N) is 3. The summed E-state index contributed by atoms with van der Waals surface area (Å²) in [6.45, 7) is 0.825. The highest BCUT2D eigenvalue weighted by Gasteiger charge is 2.27. The second-order valence-corrected chi connectivity index (χ2v) is 7.12. The lowest BCUT2D eigenvalue weighted by Gasteiger charge is -2.27. The second kappa shape index (κ2) is 8.78. The molecule has 2 N–H and O–H groups in total. The van der Waals surface area contributed by atoms with Gasteiger partial charge in [0.05, 0.1) is 25.0 Å². The van der Waals surface area contributed by atoms with E-state index in [1.807, 2.05) is 36.4 Å². The van der Waals surface area contributed by atoms with E-state index < -0.39 is 17.8 Å². The minimum atomic E-state index is -0.676. The number of carbonyl (C=O) groups is 3. The van der Waals surface area contributed by atoms with E-state index in [0.29, 0.717) is 18.7 Å². The van der Waals surface area contributed by atoms with E-state index in [2.05, 4.69) is 20.5 Å². The number of carbonyl (C=O) groups excluding carboxylic acids is 3. The maximum absolute atomic E-state index is 12.6. The molecule has 0 atom stereocenters. The molecule has 9 nitrogen and oxygen atoms in total. The molecule has 4 rings (SSSR count). The van der Waals surface area contributed by atoms with Gasteiger partial charge in [-0.05, 0) is 35.2 Å². The van der Waals surface area contributed by atoms with Crippen molar-refractivity contribution in [3.05, 3.63) is 71.2 Å². The third-order valence-electron chi connectivity index (χ3n) is 5.15. The third kappa shape index (κ3) is 4.45. The number of aromatic nitrogens is 3. The molecule has 1 aliphatic heterocycles. The molecule has 0 bridgehead atoms. The van der Waals surface area contributed by atoms with Crippen LogP contribution in [0.1, 0.15) is 27.3 Å². The Morgan fingerprint density at radius 3 is 2.65 bits per heavy atom. The summed E-state index contributed by atoms with van der Waals surface area (Å²) >= 11 is 0. The van der Waals surface area contributed by atoms with Gasteiger partial charge in [0, 0.05) is 19.3 Å². The summed E-state index contributed by atoms with van der Waals surface area (Å²) in [5.74, 6) is -1.84. The van der Waals surface area contributed by atoms with Crippen molar-refractivity contribution in [2.45, 2.75) is 19.5 Å². The molecule has 2 amide bonds. The zero-order valence-corrected chi connectivity index (χ0v) is 16.9. The number of nitrogens with one attached hydrogen (secondary N) is 2. The van der Waals surface area contributed by atoms with Crippen LogP contribution in [0.5, 0.6) is 0 Å². The van der Waals surface area contributed by atoms with Crippen molar-refractivity contribution in [2.24, 2.45) is 0 Å². The van der Waals surface area contributed by atoms with E-state index >= 15 is 0 Å². The van der Waals surface area contributed by atoms with Gasteiger partial charge in [0.25, 0.3) is 0 Å². The van der Waals surface area contributed by atoms with Crippen molar-refractivity contribution >= 4 is 17.8 Å². The molecule has 0 saturated carbocycles. The maximum Gasteiger partial charge on any atom is 0.356 e.